The highest BCUT2D eigenvalue weighted by atomic mass is 32.1. The van der Waals surface area contributed by atoms with Gasteiger partial charge in [0.25, 0.3) is 5.91 Å². The summed E-state index contributed by atoms with van der Waals surface area (Å²) in [5.74, 6) is -0.231. The third-order valence-electron chi connectivity index (χ3n) is 4.69. The maximum absolute atomic E-state index is 11.6. The van der Waals surface area contributed by atoms with Crippen molar-refractivity contribution in [3.63, 3.8) is 0 Å². The van der Waals surface area contributed by atoms with Crippen molar-refractivity contribution in [2.45, 2.75) is 25.6 Å². The van der Waals surface area contributed by atoms with Crippen molar-refractivity contribution >= 4 is 33.3 Å². The molecule has 8 nitrogen and oxygen atoms in total. The molecule has 31 heavy (non-hydrogen) atoms. The molecule has 2 aromatic carbocycles. The monoisotopic (exact) mass is 443 g/mol. The average Bonchev–Trinajstić information content (AvgIpc) is 3.22. The van der Waals surface area contributed by atoms with Gasteiger partial charge in [-0.25, -0.2) is 5.48 Å². The molecule has 0 saturated carbocycles. The van der Waals surface area contributed by atoms with Crippen LogP contribution in [-0.2, 0) is 22.6 Å². The van der Waals surface area contributed by atoms with Crippen molar-refractivity contribution in [1.29, 1.82) is 0 Å². The number of fused-ring (bicyclic) bond motifs is 1. The number of carbonyl (C=O) groups is 2. The highest BCUT2D eigenvalue weighted by Gasteiger charge is 2.13. The molecule has 3 aromatic rings. The summed E-state index contributed by atoms with van der Waals surface area (Å²) < 4.78 is 11.2. The Kier molecular flexibility index (Phi) is 7.96. The van der Waals surface area contributed by atoms with Crippen LogP contribution in [0.25, 0.3) is 10.1 Å². The van der Waals surface area contributed by atoms with Crippen LogP contribution >= 0.6 is 11.3 Å². The molecule has 0 aliphatic carbocycles. The molecule has 1 heterocycles. The molecule has 1 atom stereocenters. The zero-order valence-electron chi connectivity index (χ0n) is 17.1. The van der Waals surface area contributed by atoms with Crippen LogP contribution in [0.2, 0.25) is 0 Å². The lowest BCUT2D eigenvalue weighted by Gasteiger charge is -2.11. The van der Waals surface area contributed by atoms with Crippen molar-refractivity contribution in [2.75, 3.05) is 13.7 Å². The van der Waals surface area contributed by atoms with Gasteiger partial charge in [0.15, 0.2) is 0 Å². The minimum absolute atomic E-state index is 0.334. The summed E-state index contributed by atoms with van der Waals surface area (Å²) in [5.41, 5.74) is 9.56. The first-order chi connectivity index (χ1) is 15.0. The van der Waals surface area contributed by atoms with E-state index in [2.05, 4.69) is 10.1 Å². The lowest BCUT2D eigenvalue weighted by Crippen LogP contribution is -2.33. The molecule has 0 fully saturated rings. The molecule has 164 valence electrons. The van der Waals surface area contributed by atoms with Crippen LogP contribution in [0, 0.1) is 0 Å². The Morgan fingerprint density at radius 2 is 1.81 bits per heavy atom. The third kappa shape index (κ3) is 6.25. The van der Waals surface area contributed by atoms with E-state index in [0.717, 1.165) is 21.2 Å². The molecule has 5 N–H and O–H groups in total. The summed E-state index contributed by atoms with van der Waals surface area (Å²) in [6.07, 6.45) is 0.386. The summed E-state index contributed by atoms with van der Waals surface area (Å²) in [6.45, 7) is 1.70. The van der Waals surface area contributed by atoms with Gasteiger partial charge in [0.1, 0.15) is 11.8 Å². The standard InChI is InChI=1S/C22H25N3O5S/c1-29-22(27)18(23)8-9-30-17-6-3-14(4-7-17)12-24-13-15-2-5-16-11-20(21(26)25-28)31-19(16)10-15/h2-7,10-11,18,24,28H,8-9,12-13,23H2,1H3,(H,25,26)/t18-/m0/s1. The zero-order chi connectivity index (χ0) is 22.2. The first-order valence-corrected chi connectivity index (χ1v) is 10.5. The van der Waals surface area contributed by atoms with Gasteiger partial charge in [0.05, 0.1) is 18.6 Å². The Balaban J connectivity index is 1.46. The van der Waals surface area contributed by atoms with Gasteiger partial charge in [-0.3, -0.25) is 14.8 Å². The molecule has 0 aliphatic rings. The molecule has 0 unspecified atom stereocenters. The van der Waals surface area contributed by atoms with Gasteiger partial charge in [-0.2, -0.15) is 0 Å². The van der Waals surface area contributed by atoms with Crippen molar-refractivity contribution in [3.8, 4) is 5.75 Å². The van der Waals surface area contributed by atoms with Gasteiger partial charge in [-0.15, -0.1) is 11.3 Å². The Hall–Kier alpha value is -2.98. The predicted octanol–water partition coefficient (Wildman–Crippen LogP) is 2.58. The number of methoxy groups -OCH3 is 1. The van der Waals surface area contributed by atoms with Gasteiger partial charge in [-0.1, -0.05) is 24.3 Å². The highest BCUT2D eigenvalue weighted by Crippen LogP contribution is 2.26. The van der Waals surface area contributed by atoms with Gasteiger partial charge >= 0.3 is 5.97 Å². The zero-order valence-corrected chi connectivity index (χ0v) is 17.9. The van der Waals surface area contributed by atoms with Crippen LogP contribution < -0.4 is 21.3 Å². The van der Waals surface area contributed by atoms with E-state index in [9.17, 15) is 9.59 Å². The fourth-order valence-corrected chi connectivity index (χ4v) is 4.00. The number of hydrogen-bond donors (Lipinski definition) is 4. The largest absolute Gasteiger partial charge is 0.494 e. The molecule has 3 rings (SSSR count). The van der Waals surface area contributed by atoms with Crippen molar-refractivity contribution < 1.29 is 24.3 Å². The van der Waals surface area contributed by atoms with E-state index in [0.29, 0.717) is 36.7 Å². The summed E-state index contributed by atoms with van der Waals surface area (Å²) in [6, 6.07) is 14.8. The van der Waals surface area contributed by atoms with Crippen LogP contribution in [0.4, 0.5) is 0 Å². The molecule has 0 aliphatic heterocycles. The number of thiophene rings is 1. The van der Waals surface area contributed by atoms with E-state index >= 15 is 0 Å². The van der Waals surface area contributed by atoms with E-state index in [-0.39, 0.29) is 0 Å². The molecule has 1 aromatic heterocycles. The van der Waals surface area contributed by atoms with Crippen LogP contribution in [-0.4, -0.2) is 36.8 Å². The number of hydrogen-bond acceptors (Lipinski definition) is 8. The van der Waals surface area contributed by atoms with E-state index in [1.54, 1.807) is 11.5 Å². The maximum Gasteiger partial charge on any atom is 0.322 e. The van der Waals surface area contributed by atoms with Crippen molar-refractivity contribution in [3.05, 3.63) is 64.5 Å². The lowest BCUT2D eigenvalue weighted by atomic mass is 10.1. The van der Waals surface area contributed by atoms with Crippen LogP contribution in [0.15, 0.2) is 48.5 Å². The van der Waals surface area contributed by atoms with Gasteiger partial charge in [0.2, 0.25) is 0 Å². The van der Waals surface area contributed by atoms with Crippen LogP contribution in [0.5, 0.6) is 5.75 Å². The normalized spacial score (nSPS) is 11.8. The van der Waals surface area contributed by atoms with E-state index < -0.39 is 17.9 Å². The number of esters is 1. The smallest absolute Gasteiger partial charge is 0.322 e. The number of nitrogens with one attached hydrogen (secondary N) is 2. The molecule has 0 radical (unpaired) electrons. The first-order valence-electron chi connectivity index (χ1n) is 9.73. The molecule has 1 amide bonds. The molecule has 0 saturated heterocycles. The quantitative estimate of drug-likeness (QED) is 0.216. The first kappa shape index (κ1) is 22.7. The van der Waals surface area contributed by atoms with Crippen molar-refractivity contribution in [1.82, 2.24) is 10.8 Å². The SMILES string of the molecule is COC(=O)[C@@H](N)CCOc1ccc(CNCc2ccc3cc(C(=O)NO)sc3c2)cc1. The minimum Gasteiger partial charge on any atom is -0.494 e. The number of nitrogens with two attached hydrogens (primary N) is 1. The van der Waals surface area contributed by atoms with E-state index in [4.69, 9.17) is 15.7 Å². The van der Waals surface area contributed by atoms with Gasteiger partial charge < -0.3 is 20.5 Å². The topological polar surface area (TPSA) is 123 Å². The van der Waals surface area contributed by atoms with Crippen LogP contribution in [0.1, 0.15) is 27.2 Å². The third-order valence-corrected chi connectivity index (χ3v) is 5.79. The van der Waals surface area contributed by atoms with E-state index in [1.165, 1.54) is 18.4 Å². The number of rotatable bonds is 10. The number of ether oxygens (including phenoxy) is 2. The maximum atomic E-state index is 11.6. The minimum atomic E-state index is -0.680. The van der Waals surface area contributed by atoms with Crippen LogP contribution in [0.3, 0.4) is 0 Å². The summed E-state index contributed by atoms with van der Waals surface area (Å²) in [4.78, 5) is 23.3. The Morgan fingerprint density at radius 3 is 2.52 bits per heavy atom. The summed E-state index contributed by atoms with van der Waals surface area (Å²) in [5, 5.41) is 13.1. The molecule has 0 bridgehead atoms. The summed E-state index contributed by atoms with van der Waals surface area (Å²) in [7, 11) is 1.31. The second-order valence-electron chi connectivity index (χ2n) is 6.94. The Labute approximate surface area is 183 Å². The number of hydroxylamine groups is 1. The van der Waals surface area contributed by atoms with Crippen molar-refractivity contribution in [2.24, 2.45) is 5.73 Å². The summed E-state index contributed by atoms with van der Waals surface area (Å²) >= 11 is 1.34. The Bertz CT molecular complexity index is 1040. The molecule has 9 heteroatoms. The second kappa shape index (κ2) is 10.9. The van der Waals surface area contributed by atoms with E-state index in [1.807, 2.05) is 42.5 Å². The average molecular weight is 444 g/mol. The van der Waals surface area contributed by atoms with Gasteiger partial charge in [0, 0.05) is 24.2 Å². The highest BCUT2D eigenvalue weighted by molar-refractivity contribution is 7.20. The predicted molar refractivity (Wildman–Crippen MR) is 118 cm³/mol. The molecule has 0 spiro atoms. The molecular weight excluding hydrogens is 418 g/mol. The number of amides is 1. The lowest BCUT2D eigenvalue weighted by molar-refractivity contribution is -0.142. The number of benzene rings is 2. The molecular formula is C22H25N3O5S. The fraction of sp³-hybridized carbons (Fsp3) is 0.273. The van der Waals surface area contributed by atoms with Gasteiger partial charge in [-0.05, 0) is 40.8 Å². The second-order valence-corrected chi connectivity index (χ2v) is 8.02. The fourth-order valence-electron chi connectivity index (χ4n) is 2.98. The Morgan fingerprint density at radius 1 is 1.10 bits per heavy atom. The number of carbonyl (C=O) groups excluding carboxylic acids is 2.